The molecule has 0 aliphatic heterocycles. The van der Waals surface area contributed by atoms with Gasteiger partial charge in [0.1, 0.15) is 5.75 Å². The molecular weight excluding hydrogens is 264 g/mol. The number of ether oxygens (including phenoxy) is 1. The quantitative estimate of drug-likeness (QED) is 0.917. The lowest BCUT2D eigenvalue weighted by molar-refractivity contribution is 0.0951. The Morgan fingerprint density at radius 3 is 2.57 bits per heavy atom. The van der Waals surface area contributed by atoms with Crippen molar-refractivity contribution in [1.29, 1.82) is 0 Å². The maximum Gasteiger partial charge on any atom is 0.251 e. The first-order valence-electron chi connectivity index (χ1n) is 6.97. The number of carbonyl (C=O) groups excluding carboxylic acids is 1. The molecule has 0 spiro atoms. The number of rotatable bonds is 5. The van der Waals surface area contributed by atoms with E-state index in [9.17, 15) is 4.79 Å². The minimum atomic E-state index is -0.0979. The molecule has 1 heterocycles. The Bertz CT molecular complexity index is 609. The van der Waals surface area contributed by atoms with Gasteiger partial charge in [-0.1, -0.05) is 26.0 Å². The summed E-state index contributed by atoms with van der Waals surface area (Å²) >= 11 is 0. The van der Waals surface area contributed by atoms with E-state index >= 15 is 0 Å². The fraction of sp³-hybridized carbons (Fsp3) is 0.294. The van der Waals surface area contributed by atoms with Crippen LogP contribution in [0, 0.1) is 0 Å². The first kappa shape index (κ1) is 15.0. The maximum atomic E-state index is 12.0. The summed E-state index contributed by atoms with van der Waals surface area (Å²) in [6.45, 7) is 4.74. The average Bonchev–Trinajstić information content (AvgIpc) is 2.53. The average molecular weight is 284 g/mol. The van der Waals surface area contributed by atoms with Crippen molar-refractivity contribution in [2.75, 3.05) is 7.11 Å². The van der Waals surface area contributed by atoms with Crippen LogP contribution in [0.3, 0.4) is 0 Å². The lowest BCUT2D eigenvalue weighted by Gasteiger charge is -2.14. The Balaban J connectivity index is 2.07. The third kappa shape index (κ3) is 3.81. The van der Waals surface area contributed by atoms with E-state index in [0.717, 1.165) is 16.9 Å². The summed E-state index contributed by atoms with van der Waals surface area (Å²) in [6.07, 6.45) is 3.22. The second-order valence-electron chi connectivity index (χ2n) is 5.15. The van der Waals surface area contributed by atoms with E-state index in [1.165, 1.54) is 0 Å². The lowest BCUT2D eigenvalue weighted by Crippen LogP contribution is -2.22. The predicted octanol–water partition coefficient (Wildman–Crippen LogP) is 3.14. The van der Waals surface area contributed by atoms with Gasteiger partial charge < -0.3 is 10.1 Å². The van der Waals surface area contributed by atoms with Crippen molar-refractivity contribution in [2.45, 2.75) is 26.3 Å². The van der Waals surface area contributed by atoms with Crippen LogP contribution in [0.25, 0.3) is 0 Å². The van der Waals surface area contributed by atoms with Crippen molar-refractivity contribution in [1.82, 2.24) is 10.3 Å². The Morgan fingerprint density at radius 1 is 1.24 bits per heavy atom. The number of nitrogens with one attached hydrogen (secondary N) is 1. The summed E-state index contributed by atoms with van der Waals surface area (Å²) in [5.74, 6) is 1.16. The number of hydrogen-bond acceptors (Lipinski definition) is 3. The molecule has 0 unspecified atom stereocenters. The van der Waals surface area contributed by atoms with Gasteiger partial charge in [-0.15, -0.1) is 0 Å². The number of pyridine rings is 1. The minimum Gasteiger partial charge on any atom is -0.496 e. The minimum absolute atomic E-state index is 0.0979. The van der Waals surface area contributed by atoms with Gasteiger partial charge in [-0.3, -0.25) is 9.78 Å². The molecule has 4 heteroatoms. The van der Waals surface area contributed by atoms with Gasteiger partial charge >= 0.3 is 0 Å². The number of carbonyl (C=O) groups is 1. The molecule has 0 fully saturated rings. The van der Waals surface area contributed by atoms with Gasteiger partial charge in [-0.05, 0) is 35.2 Å². The van der Waals surface area contributed by atoms with Crippen LogP contribution >= 0.6 is 0 Å². The second-order valence-corrected chi connectivity index (χ2v) is 5.15. The summed E-state index contributed by atoms with van der Waals surface area (Å²) in [6, 6.07) is 9.39. The third-order valence-electron chi connectivity index (χ3n) is 3.31. The Hall–Kier alpha value is -2.36. The number of methoxy groups -OCH3 is 1. The molecule has 2 rings (SSSR count). The lowest BCUT2D eigenvalue weighted by atomic mass is 9.99. The highest BCUT2D eigenvalue weighted by molar-refractivity contribution is 5.93. The van der Waals surface area contributed by atoms with Crippen molar-refractivity contribution < 1.29 is 9.53 Å². The monoisotopic (exact) mass is 284 g/mol. The van der Waals surface area contributed by atoms with Gasteiger partial charge in [0.05, 0.1) is 7.11 Å². The summed E-state index contributed by atoms with van der Waals surface area (Å²) in [5, 5.41) is 2.91. The van der Waals surface area contributed by atoms with Crippen LogP contribution in [0.1, 0.15) is 41.3 Å². The zero-order valence-corrected chi connectivity index (χ0v) is 12.6. The van der Waals surface area contributed by atoms with Crippen LogP contribution in [0.15, 0.2) is 42.7 Å². The molecule has 0 radical (unpaired) electrons. The van der Waals surface area contributed by atoms with Gasteiger partial charge in [-0.25, -0.2) is 0 Å². The van der Waals surface area contributed by atoms with Gasteiger partial charge in [0.25, 0.3) is 5.91 Å². The fourth-order valence-electron chi connectivity index (χ4n) is 2.13. The standard InChI is InChI=1S/C17H20N2O2/c1-12(2)15-10-13(4-5-16(15)21-3)11-19-17(20)14-6-8-18-9-7-14/h4-10,12H,11H2,1-3H3,(H,19,20). The predicted molar refractivity (Wildman–Crippen MR) is 82.5 cm³/mol. The van der Waals surface area contributed by atoms with Crippen molar-refractivity contribution in [3.05, 3.63) is 59.4 Å². The van der Waals surface area contributed by atoms with E-state index < -0.39 is 0 Å². The summed E-state index contributed by atoms with van der Waals surface area (Å²) in [4.78, 5) is 15.9. The highest BCUT2D eigenvalue weighted by Crippen LogP contribution is 2.27. The summed E-state index contributed by atoms with van der Waals surface area (Å²) in [5.41, 5.74) is 2.82. The molecule has 0 saturated heterocycles. The van der Waals surface area contributed by atoms with Gasteiger partial charge in [0, 0.05) is 24.5 Å². The Kier molecular flexibility index (Phi) is 4.93. The van der Waals surface area contributed by atoms with Gasteiger partial charge in [-0.2, -0.15) is 0 Å². The fourth-order valence-corrected chi connectivity index (χ4v) is 2.13. The second kappa shape index (κ2) is 6.88. The topological polar surface area (TPSA) is 51.2 Å². The smallest absolute Gasteiger partial charge is 0.251 e. The number of amides is 1. The molecule has 1 aromatic carbocycles. The normalized spacial score (nSPS) is 10.5. The number of benzene rings is 1. The number of aromatic nitrogens is 1. The molecule has 21 heavy (non-hydrogen) atoms. The van der Waals surface area contributed by atoms with Crippen LogP contribution in [0.4, 0.5) is 0 Å². The van der Waals surface area contributed by atoms with E-state index in [1.54, 1.807) is 31.6 Å². The molecule has 0 bridgehead atoms. The van der Waals surface area contributed by atoms with E-state index in [1.807, 2.05) is 12.1 Å². The molecule has 0 atom stereocenters. The first-order valence-corrected chi connectivity index (χ1v) is 6.97. The van der Waals surface area contributed by atoms with Crippen molar-refractivity contribution in [3.8, 4) is 5.75 Å². The summed E-state index contributed by atoms with van der Waals surface area (Å²) < 4.78 is 5.36. The van der Waals surface area contributed by atoms with Crippen LogP contribution < -0.4 is 10.1 Å². The Labute approximate surface area is 125 Å². The molecular formula is C17H20N2O2. The van der Waals surface area contributed by atoms with Crippen LogP contribution in [-0.2, 0) is 6.54 Å². The Morgan fingerprint density at radius 2 is 1.95 bits per heavy atom. The number of hydrogen-bond donors (Lipinski definition) is 1. The third-order valence-corrected chi connectivity index (χ3v) is 3.31. The molecule has 1 N–H and O–H groups in total. The maximum absolute atomic E-state index is 12.0. The molecule has 4 nitrogen and oxygen atoms in total. The van der Waals surface area contributed by atoms with Crippen LogP contribution in [0.5, 0.6) is 5.75 Å². The summed E-state index contributed by atoms with van der Waals surface area (Å²) in [7, 11) is 1.67. The van der Waals surface area contributed by atoms with E-state index in [4.69, 9.17) is 4.74 Å². The van der Waals surface area contributed by atoms with E-state index in [-0.39, 0.29) is 5.91 Å². The number of nitrogens with zero attached hydrogens (tertiary/aromatic N) is 1. The van der Waals surface area contributed by atoms with E-state index in [0.29, 0.717) is 18.0 Å². The van der Waals surface area contributed by atoms with Crippen LogP contribution in [-0.4, -0.2) is 18.0 Å². The zero-order chi connectivity index (χ0) is 15.2. The molecule has 0 saturated carbocycles. The van der Waals surface area contributed by atoms with Crippen molar-refractivity contribution in [2.24, 2.45) is 0 Å². The SMILES string of the molecule is COc1ccc(CNC(=O)c2ccncc2)cc1C(C)C. The van der Waals surface area contributed by atoms with Gasteiger partial charge in [0.2, 0.25) is 0 Å². The van der Waals surface area contributed by atoms with Crippen molar-refractivity contribution in [3.63, 3.8) is 0 Å². The van der Waals surface area contributed by atoms with E-state index in [2.05, 4.69) is 30.2 Å². The highest BCUT2D eigenvalue weighted by Gasteiger charge is 2.09. The molecule has 2 aromatic rings. The zero-order valence-electron chi connectivity index (χ0n) is 12.6. The van der Waals surface area contributed by atoms with Gasteiger partial charge in [0.15, 0.2) is 0 Å². The largest absolute Gasteiger partial charge is 0.496 e. The molecule has 1 amide bonds. The molecule has 0 aliphatic rings. The van der Waals surface area contributed by atoms with Crippen LogP contribution in [0.2, 0.25) is 0 Å². The highest BCUT2D eigenvalue weighted by atomic mass is 16.5. The molecule has 0 aliphatic carbocycles. The molecule has 1 aromatic heterocycles. The first-order chi connectivity index (χ1) is 10.1. The molecule has 110 valence electrons. The van der Waals surface area contributed by atoms with Crippen molar-refractivity contribution >= 4 is 5.91 Å².